The Balaban J connectivity index is 2.92. The third-order valence-electron chi connectivity index (χ3n) is 2.59. The molecule has 0 aliphatic heterocycles. The molecule has 0 aliphatic carbocycles. The van der Waals surface area contributed by atoms with Crippen LogP contribution < -0.4 is 4.90 Å². The summed E-state index contributed by atoms with van der Waals surface area (Å²) in [7, 11) is 1.99. The van der Waals surface area contributed by atoms with Crippen LogP contribution >= 0.6 is 27.5 Å². The van der Waals surface area contributed by atoms with Crippen LogP contribution in [0.25, 0.3) is 0 Å². The minimum absolute atomic E-state index is 0.197. The highest BCUT2D eigenvalue weighted by Gasteiger charge is 2.12. The largest absolute Gasteiger partial charge is 0.370 e. The van der Waals surface area contributed by atoms with Crippen LogP contribution in [0.1, 0.15) is 18.9 Å². The van der Waals surface area contributed by atoms with E-state index in [0.29, 0.717) is 12.3 Å². The Morgan fingerprint density at radius 3 is 2.75 bits per heavy atom. The first-order valence-corrected chi connectivity index (χ1v) is 6.37. The van der Waals surface area contributed by atoms with Gasteiger partial charge in [-0.2, -0.15) is 5.26 Å². The molecule has 16 heavy (non-hydrogen) atoms. The van der Waals surface area contributed by atoms with Crippen molar-refractivity contribution in [3.63, 3.8) is 0 Å². The van der Waals surface area contributed by atoms with E-state index in [1.807, 2.05) is 32.2 Å². The Morgan fingerprint density at radius 1 is 1.56 bits per heavy atom. The van der Waals surface area contributed by atoms with Gasteiger partial charge in [-0.05, 0) is 40.5 Å². The van der Waals surface area contributed by atoms with E-state index in [1.54, 1.807) is 0 Å². The quantitative estimate of drug-likeness (QED) is 0.788. The van der Waals surface area contributed by atoms with E-state index in [1.165, 1.54) is 0 Å². The number of hydrogen-bond donors (Lipinski definition) is 0. The molecule has 0 spiro atoms. The fourth-order valence-electron chi connectivity index (χ4n) is 1.43. The summed E-state index contributed by atoms with van der Waals surface area (Å²) >= 11 is 9.29. The lowest BCUT2D eigenvalue weighted by Gasteiger charge is -2.26. The highest BCUT2D eigenvalue weighted by atomic mass is 79.9. The number of hydrogen-bond acceptors (Lipinski definition) is 2. The van der Waals surface area contributed by atoms with E-state index < -0.39 is 0 Å². The number of rotatable bonds is 4. The van der Waals surface area contributed by atoms with Gasteiger partial charge >= 0.3 is 0 Å². The third-order valence-corrected chi connectivity index (χ3v) is 3.54. The topological polar surface area (TPSA) is 27.0 Å². The van der Waals surface area contributed by atoms with Gasteiger partial charge in [0.2, 0.25) is 0 Å². The highest BCUT2D eigenvalue weighted by molar-refractivity contribution is 9.10. The molecule has 0 fully saturated rings. The first-order chi connectivity index (χ1) is 7.60. The molecule has 0 N–H and O–H groups in total. The molecule has 0 bridgehead atoms. The molecular formula is C12H14BrClN2. The van der Waals surface area contributed by atoms with Crippen LogP contribution in [0.2, 0.25) is 0 Å². The first kappa shape index (κ1) is 13.3. The van der Waals surface area contributed by atoms with Gasteiger partial charge in [0.1, 0.15) is 0 Å². The van der Waals surface area contributed by atoms with Crippen LogP contribution in [-0.2, 0) is 5.88 Å². The molecule has 1 aromatic rings. The van der Waals surface area contributed by atoms with E-state index in [4.69, 9.17) is 16.9 Å². The number of benzene rings is 1. The molecule has 0 radical (unpaired) electrons. The maximum absolute atomic E-state index is 8.68. The van der Waals surface area contributed by atoms with Crippen molar-refractivity contribution in [1.29, 1.82) is 5.26 Å². The Kier molecular flexibility index (Phi) is 5.11. The predicted molar refractivity (Wildman–Crippen MR) is 71.8 cm³/mol. The van der Waals surface area contributed by atoms with Crippen LogP contribution in [0.3, 0.4) is 0 Å². The fourth-order valence-corrected chi connectivity index (χ4v) is 2.30. The Hall–Kier alpha value is -0.720. The highest BCUT2D eigenvalue weighted by Crippen LogP contribution is 2.28. The summed E-state index contributed by atoms with van der Waals surface area (Å²) in [6, 6.07) is 8.42. The summed E-state index contributed by atoms with van der Waals surface area (Å²) in [5.41, 5.74) is 2.16. The van der Waals surface area contributed by atoms with Gasteiger partial charge in [-0.15, -0.1) is 11.6 Å². The maximum Gasteiger partial charge on any atom is 0.0643 e. The monoisotopic (exact) mass is 300 g/mol. The van der Waals surface area contributed by atoms with Gasteiger partial charge < -0.3 is 4.90 Å². The molecule has 1 aromatic carbocycles. The molecule has 0 aliphatic rings. The normalized spacial score (nSPS) is 11.9. The second-order valence-corrected chi connectivity index (χ2v) is 4.86. The predicted octanol–water partition coefficient (Wildman–Crippen LogP) is 3.93. The van der Waals surface area contributed by atoms with Gasteiger partial charge in [-0.25, -0.2) is 0 Å². The zero-order valence-corrected chi connectivity index (χ0v) is 11.7. The molecule has 0 aromatic heterocycles. The van der Waals surface area contributed by atoms with Crippen molar-refractivity contribution in [2.24, 2.45) is 0 Å². The van der Waals surface area contributed by atoms with Crippen molar-refractivity contribution in [1.82, 2.24) is 0 Å². The lowest BCUT2D eigenvalue weighted by molar-refractivity contribution is 0.701. The van der Waals surface area contributed by atoms with Crippen molar-refractivity contribution in [2.45, 2.75) is 25.3 Å². The van der Waals surface area contributed by atoms with Crippen LogP contribution in [0.15, 0.2) is 22.7 Å². The molecule has 0 saturated heterocycles. The van der Waals surface area contributed by atoms with Gasteiger partial charge in [-0.3, -0.25) is 0 Å². The van der Waals surface area contributed by atoms with E-state index in [2.05, 4.69) is 26.9 Å². The summed E-state index contributed by atoms with van der Waals surface area (Å²) in [5, 5.41) is 8.68. The second kappa shape index (κ2) is 6.12. The van der Waals surface area contributed by atoms with Crippen molar-refractivity contribution in [2.75, 3.05) is 11.9 Å². The molecule has 86 valence electrons. The van der Waals surface area contributed by atoms with Crippen LogP contribution in [0.4, 0.5) is 5.69 Å². The van der Waals surface area contributed by atoms with Gasteiger partial charge in [0.05, 0.1) is 18.2 Å². The molecule has 1 atom stereocenters. The minimum atomic E-state index is 0.197. The lowest BCUT2D eigenvalue weighted by Crippen LogP contribution is -2.28. The SMILES string of the molecule is CC(CC#N)N(C)c1ccc(CCl)cc1Br. The summed E-state index contributed by atoms with van der Waals surface area (Å²) in [6.07, 6.45) is 0.514. The number of nitriles is 1. The van der Waals surface area contributed by atoms with Crippen LogP contribution in [0, 0.1) is 11.3 Å². The first-order valence-electron chi connectivity index (χ1n) is 5.04. The van der Waals surface area contributed by atoms with Gasteiger partial charge in [-0.1, -0.05) is 6.07 Å². The van der Waals surface area contributed by atoms with E-state index >= 15 is 0 Å². The lowest BCUT2D eigenvalue weighted by atomic mass is 10.1. The number of nitrogens with zero attached hydrogens (tertiary/aromatic N) is 2. The molecule has 0 amide bonds. The zero-order valence-electron chi connectivity index (χ0n) is 9.37. The van der Waals surface area contributed by atoms with E-state index in [-0.39, 0.29) is 6.04 Å². The number of anilines is 1. The zero-order chi connectivity index (χ0) is 12.1. The van der Waals surface area contributed by atoms with Crippen molar-refractivity contribution in [3.05, 3.63) is 28.2 Å². The number of alkyl halides is 1. The van der Waals surface area contributed by atoms with Crippen LogP contribution in [-0.4, -0.2) is 13.1 Å². The summed E-state index contributed by atoms with van der Waals surface area (Å²) in [6.45, 7) is 2.03. The van der Waals surface area contributed by atoms with Crippen molar-refractivity contribution in [3.8, 4) is 6.07 Å². The maximum atomic E-state index is 8.68. The molecule has 1 unspecified atom stereocenters. The minimum Gasteiger partial charge on any atom is -0.370 e. The molecule has 1 rings (SSSR count). The Bertz CT molecular complexity index is 400. The van der Waals surface area contributed by atoms with E-state index in [9.17, 15) is 0 Å². The van der Waals surface area contributed by atoms with Crippen LogP contribution in [0.5, 0.6) is 0 Å². The Morgan fingerprint density at radius 2 is 2.25 bits per heavy atom. The summed E-state index contributed by atoms with van der Waals surface area (Å²) < 4.78 is 1.01. The molecule has 4 heteroatoms. The molecular weight excluding hydrogens is 288 g/mol. The van der Waals surface area contributed by atoms with Crippen molar-refractivity contribution < 1.29 is 0 Å². The number of halogens is 2. The summed E-state index contributed by atoms with van der Waals surface area (Å²) in [5.74, 6) is 0.510. The molecule has 0 heterocycles. The molecule has 2 nitrogen and oxygen atoms in total. The van der Waals surface area contributed by atoms with E-state index in [0.717, 1.165) is 15.7 Å². The Labute approximate surface area is 110 Å². The summed E-state index contributed by atoms with van der Waals surface area (Å²) in [4.78, 5) is 2.09. The smallest absolute Gasteiger partial charge is 0.0643 e. The van der Waals surface area contributed by atoms with Gasteiger partial charge in [0, 0.05) is 23.4 Å². The fraction of sp³-hybridized carbons (Fsp3) is 0.417. The van der Waals surface area contributed by atoms with Crippen molar-refractivity contribution >= 4 is 33.2 Å². The van der Waals surface area contributed by atoms with Gasteiger partial charge in [0.15, 0.2) is 0 Å². The second-order valence-electron chi connectivity index (χ2n) is 3.74. The average Bonchev–Trinajstić information content (AvgIpc) is 2.28. The average molecular weight is 302 g/mol. The standard InChI is InChI=1S/C12H14BrClN2/c1-9(5-6-15)16(2)12-4-3-10(8-14)7-11(12)13/h3-4,7,9H,5,8H2,1-2H3. The third kappa shape index (κ3) is 3.13. The van der Waals surface area contributed by atoms with Gasteiger partial charge in [0.25, 0.3) is 0 Å². The molecule has 0 saturated carbocycles.